The Balaban J connectivity index is 2.16. The fourth-order valence-electron chi connectivity index (χ4n) is 3.03. The SMILES string of the molecule is CC(C)CC(=O)N1CCN(C(=O)CCCCCN=C(N)NC(C)(C)C)CC1. The number of aliphatic imine (C=N–C) groups is 1. The maximum absolute atomic E-state index is 12.3. The van der Waals surface area contributed by atoms with Crippen LogP contribution in [0.25, 0.3) is 0 Å². The van der Waals surface area contributed by atoms with Gasteiger partial charge in [-0.1, -0.05) is 20.3 Å². The first-order valence-electron chi connectivity index (χ1n) is 10.2. The highest BCUT2D eigenvalue weighted by atomic mass is 16.2. The third-order valence-electron chi connectivity index (χ3n) is 4.40. The number of guanidine groups is 1. The normalized spacial score (nSPS) is 16.0. The van der Waals surface area contributed by atoms with Crippen LogP contribution < -0.4 is 11.1 Å². The van der Waals surface area contributed by atoms with E-state index in [1.807, 2.05) is 30.6 Å². The summed E-state index contributed by atoms with van der Waals surface area (Å²) in [4.78, 5) is 32.5. The summed E-state index contributed by atoms with van der Waals surface area (Å²) < 4.78 is 0. The van der Waals surface area contributed by atoms with Gasteiger partial charge in [0, 0.05) is 51.1 Å². The molecule has 1 rings (SSSR count). The molecule has 3 N–H and O–H groups in total. The molecule has 0 aromatic rings. The lowest BCUT2D eigenvalue weighted by Crippen LogP contribution is -2.50. The van der Waals surface area contributed by atoms with Gasteiger partial charge in [0.1, 0.15) is 0 Å². The van der Waals surface area contributed by atoms with Gasteiger partial charge in [0.2, 0.25) is 11.8 Å². The molecule has 0 unspecified atom stereocenters. The largest absolute Gasteiger partial charge is 0.370 e. The van der Waals surface area contributed by atoms with Crippen LogP contribution in [-0.2, 0) is 9.59 Å². The molecule has 7 heteroatoms. The number of carbonyl (C=O) groups excluding carboxylic acids is 2. The smallest absolute Gasteiger partial charge is 0.222 e. The molecule has 1 heterocycles. The Morgan fingerprint density at radius 3 is 2.07 bits per heavy atom. The van der Waals surface area contributed by atoms with Crippen LogP contribution in [0.3, 0.4) is 0 Å². The van der Waals surface area contributed by atoms with E-state index in [2.05, 4.69) is 24.2 Å². The predicted octanol–water partition coefficient (Wildman–Crippen LogP) is 1.97. The standard InChI is InChI=1S/C20H39N5O2/c1-16(2)15-18(27)25-13-11-24(12-14-25)17(26)9-7-6-8-10-22-19(21)23-20(3,4)5/h16H,6-15H2,1-5H3,(H3,21,22,23). The number of piperazine rings is 1. The van der Waals surface area contributed by atoms with Crippen molar-refractivity contribution in [2.45, 2.75) is 72.3 Å². The third kappa shape index (κ3) is 10.2. The fourth-order valence-corrected chi connectivity index (χ4v) is 3.03. The molecule has 1 aliphatic heterocycles. The fraction of sp³-hybridized carbons (Fsp3) is 0.850. The summed E-state index contributed by atoms with van der Waals surface area (Å²) in [7, 11) is 0. The van der Waals surface area contributed by atoms with E-state index in [-0.39, 0.29) is 17.4 Å². The summed E-state index contributed by atoms with van der Waals surface area (Å²) in [5.41, 5.74) is 5.75. The first-order chi connectivity index (χ1) is 12.6. The van der Waals surface area contributed by atoms with Gasteiger partial charge < -0.3 is 20.9 Å². The van der Waals surface area contributed by atoms with Crippen LogP contribution in [0.1, 0.15) is 66.7 Å². The molecule has 1 fully saturated rings. The summed E-state index contributed by atoms with van der Waals surface area (Å²) in [6, 6.07) is 0. The van der Waals surface area contributed by atoms with Crippen LogP contribution >= 0.6 is 0 Å². The quantitative estimate of drug-likeness (QED) is 0.382. The van der Waals surface area contributed by atoms with Gasteiger partial charge in [-0.3, -0.25) is 14.6 Å². The number of rotatable bonds is 8. The summed E-state index contributed by atoms with van der Waals surface area (Å²) >= 11 is 0. The van der Waals surface area contributed by atoms with Crippen molar-refractivity contribution in [1.82, 2.24) is 15.1 Å². The molecule has 0 aliphatic carbocycles. The number of hydrogen-bond donors (Lipinski definition) is 2. The van der Waals surface area contributed by atoms with E-state index in [0.29, 0.717) is 57.4 Å². The van der Waals surface area contributed by atoms with E-state index < -0.39 is 0 Å². The number of unbranched alkanes of at least 4 members (excludes halogenated alkanes) is 2. The topological polar surface area (TPSA) is 91.0 Å². The summed E-state index contributed by atoms with van der Waals surface area (Å²) in [5.74, 6) is 1.26. The van der Waals surface area contributed by atoms with Crippen LogP contribution in [0.5, 0.6) is 0 Å². The van der Waals surface area contributed by atoms with E-state index in [0.717, 1.165) is 19.3 Å². The molecule has 1 saturated heterocycles. The van der Waals surface area contributed by atoms with Crippen molar-refractivity contribution in [2.75, 3.05) is 32.7 Å². The minimum atomic E-state index is -0.0799. The minimum Gasteiger partial charge on any atom is -0.370 e. The lowest BCUT2D eigenvalue weighted by Gasteiger charge is -2.35. The zero-order valence-electron chi connectivity index (χ0n) is 17.9. The van der Waals surface area contributed by atoms with Gasteiger partial charge in [-0.05, 0) is 39.5 Å². The van der Waals surface area contributed by atoms with Crippen LogP contribution in [-0.4, -0.2) is 65.8 Å². The number of nitrogens with two attached hydrogens (primary N) is 1. The highest BCUT2D eigenvalue weighted by Gasteiger charge is 2.23. The molecule has 0 radical (unpaired) electrons. The maximum Gasteiger partial charge on any atom is 0.222 e. The van der Waals surface area contributed by atoms with Crippen LogP contribution in [0.4, 0.5) is 0 Å². The first-order valence-corrected chi connectivity index (χ1v) is 10.2. The van der Waals surface area contributed by atoms with Gasteiger partial charge in [0.05, 0.1) is 0 Å². The van der Waals surface area contributed by atoms with Crippen molar-refractivity contribution < 1.29 is 9.59 Å². The van der Waals surface area contributed by atoms with Crippen molar-refractivity contribution in [2.24, 2.45) is 16.6 Å². The van der Waals surface area contributed by atoms with Gasteiger partial charge in [0.15, 0.2) is 5.96 Å². The lowest BCUT2D eigenvalue weighted by atomic mass is 10.1. The molecule has 0 aromatic carbocycles. The molecule has 0 aromatic heterocycles. The Kier molecular flexibility index (Phi) is 9.60. The number of nitrogens with zero attached hydrogens (tertiary/aromatic N) is 3. The van der Waals surface area contributed by atoms with Crippen LogP contribution in [0, 0.1) is 5.92 Å². The Morgan fingerprint density at radius 1 is 1.00 bits per heavy atom. The van der Waals surface area contributed by atoms with E-state index in [1.54, 1.807) is 0 Å². The van der Waals surface area contributed by atoms with Gasteiger partial charge in [-0.25, -0.2) is 0 Å². The highest BCUT2D eigenvalue weighted by Crippen LogP contribution is 2.10. The first kappa shape index (κ1) is 23.2. The zero-order valence-corrected chi connectivity index (χ0v) is 17.9. The second kappa shape index (κ2) is 11.1. The molecule has 2 amide bonds. The molecule has 0 saturated carbocycles. The molecule has 156 valence electrons. The Morgan fingerprint density at radius 2 is 1.56 bits per heavy atom. The van der Waals surface area contributed by atoms with E-state index in [4.69, 9.17) is 5.73 Å². The Labute approximate surface area is 164 Å². The maximum atomic E-state index is 12.3. The van der Waals surface area contributed by atoms with Crippen LogP contribution in [0.2, 0.25) is 0 Å². The van der Waals surface area contributed by atoms with Crippen LogP contribution in [0.15, 0.2) is 4.99 Å². The molecule has 0 atom stereocenters. The summed E-state index contributed by atoms with van der Waals surface area (Å²) in [5, 5.41) is 3.13. The number of carbonyl (C=O) groups is 2. The average molecular weight is 382 g/mol. The Hall–Kier alpha value is -1.79. The predicted molar refractivity (Wildman–Crippen MR) is 110 cm³/mol. The summed E-state index contributed by atoms with van der Waals surface area (Å²) in [6.45, 7) is 13.5. The molecule has 7 nitrogen and oxygen atoms in total. The van der Waals surface area contributed by atoms with E-state index in [1.165, 1.54) is 0 Å². The van der Waals surface area contributed by atoms with E-state index in [9.17, 15) is 9.59 Å². The second-order valence-corrected chi connectivity index (χ2v) is 8.81. The molecule has 27 heavy (non-hydrogen) atoms. The van der Waals surface area contributed by atoms with Crippen molar-refractivity contribution in [3.05, 3.63) is 0 Å². The molecule has 0 bridgehead atoms. The van der Waals surface area contributed by atoms with Gasteiger partial charge >= 0.3 is 0 Å². The van der Waals surface area contributed by atoms with Crippen molar-refractivity contribution in [1.29, 1.82) is 0 Å². The van der Waals surface area contributed by atoms with Crippen molar-refractivity contribution in [3.8, 4) is 0 Å². The molecule has 1 aliphatic rings. The number of amides is 2. The molecular formula is C20H39N5O2. The van der Waals surface area contributed by atoms with Crippen molar-refractivity contribution >= 4 is 17.8 Å². The lowest BCUT2D eigenvalue weighted by molar-refractivity contribution is -0.140. The third-order valence-corrected chi connectivity index (χ3v) is 4.40. The summed E-state index contributed by atoms with van der Waals surface area (Å²) in [6.07, 6.45) is 3.92. The van der Waals surface area contributed by atoms with Gasteiger partial charge in [-0.15, -0.1) is 0 Å². The van der Waals surface area contributed by atoms with E-state index >= 15 is 0 Å². The second-order valence-electron chi connectivity index (χ2n) is 8.81. The van der Waals surface area contributed by atoms with Gasteiger partial charge in [0.25, 0.3) is 0 Å². The molecular weight excluding hydrogens is 342 g/mol. The van der Waals surface area contributed by atoms with Gasteiger partial charge in [-0.2, -0.15) is 0 Å². The number of hydrogen-bond acceptors (Lipinski definition) is 3. The monoisotopic (exact) mass is 381 g/mol. The number of nitrogens with one attached hydrogen (secondary N) is 1. The zero-order chi connectivity index (χ0) is 20.4. The average Bonchev–Trinajstić information content (AvgIpc) is 2.55. The highest BCUT2D eigenvalue weighted by molar-refractivity contribution is 5.79. The van der Waals surface area contributed by atoms with Crippen molar-refractivity contribution in [3.63, 3.8) is 0 Å². The minimum absolute atomic E-state index is 0.0799. The molecule has 0 spiro atoms. The Bertz CT molecular complexity index is 503.